The summed E-state index contributed by atoms with van der Waals surface area (Å²) in [4.78, 5) is 11.9. The SMILES string of the molecule is CCCCC(=O)OC1CCC(Oc2c(F)cc(-c3ccc(S(C)(=O)=O)cc3)cc2F)CC1. The second-order valence-corrected chi connectivity index (χ2v) is 10.2. The van der Waals surface area contributed by atoms with Crippen LogP contribution in [0.1, 0.15) is 51.9 Å². The maximum Gasteiger partial charge on any atom is 0.306 e. The minimum Gasteiger partial charge on any atom is -0.484 e. The third-order valence-electron chi connectivity index (χ3n) is 5.55. The number of benzene rings is 2. The molecule has 174 valence electrons. The van der Waals surface area contributed by atoms with Crippen molar-refractivity contribution in [1.29, 1.82) is 0 Å². The summed E-state index contributed by atoms with van der Waals surface area (Å²) in [5.41, 5.74) is 0.780. The fraction of sp³-hybridized carbons (Fsp3) is 0.458. The van der Waals surface area contributed by atoms with Crippen LogP contribution >= 0.6 is 0 Å². The molecule has 0 amide bonds. The molecular weight excluding hydrogens is 438 g/mol. The van der Waals surface area contributed by atoms with Gasteiger partial charge in [-0.1, -0.05) is 25.5 Å². The average molecular weight is 467 g/mol. The Balaban J connectivity index is 1.62. The molecule has 1 saturated carbocycles. The van der Waals surface area contributed by atoms with Crippen LogP contribution in [0.25, 0.3) is 11.1 Å². The van der Waals surface area contributed by atoms with E-state index in [9.17, 15) is 22.0 Å². The summed E-state index contributed by atoms with van der Waals surface area (Å²) in [5, 5.41) is 0. The second-order valence-electron chi connectivity index (χ2n) is 8.18. The predicted molar refractivity (Wildman–Crippen MR) is 117 cm³/mol. The van der Waals surface area contributed by atoms with E-state index in [0.717, 1.165) is 19.1 Å². The summed E-state index contributed by atoms with van der Waals surface area (Å²) in [6.07, 6.45) is 4.97. The lowest BCUT2D eigenvalue weighted by atomic mass is 9.94. The zero-order valence-electron chi connectivity index (χ0n) is 18.3. The van der Waals surface area contributed by atoms with E-state index < -0.39 is 27.2 Å². The van der Waals surface area contributed by atoms with E-state index in [1.807, 2.05) is 6.92 Å². The van der Waals surface area contributed by atoms with Gasteiger partial charge in [-0.25, -0.2) is 17.2 Å². The molecule has 1 fully saturated rings. The van der Waals surface area contributed by atoms with Crippen LogP contribution in [0.3, 0.4) is 0 Å². The van der Waals surface area contributed by atoms with Crippen LogP contribution < -0.4 is 4.74 Å². The van der Waals surface area contributed by atoms with Gasteiger partial charge in [0.1, 0.15) is 6.10 Å². The molecular formula is C24H28F2O5S. The van der Waals surface area contributed by atoms with E-state index in [1.165, 1.54) is 36.4 Å². The van der Waals surface area contributed by atoms with Crippen molar-refractivity contribution in [1.82, 2.24) is 0 Å². The van der Waals surface area contributed by atoms with E-state index in [-0.39, 0.29) is 28.6 Å². The second kappa shape index (κ2) is 10.4. The number of unbranched alkanes of at least 4 members (excludes halogenated alkanes) is 1. The number of hydrogen-bond acceptors (Lipinski definition) is 5. The molecule has 3 rings (SSSR count). The van der Waals surface area contributed by atoms with Crippen LogP contribution in [0.5, 0.6) is 5.75 Å². The largest absolute Gasteiger partial charge is 0.484 e. The molecule has 0 radical (unpaired) electrons. The van der Waals surface area contributed by atoms with Crippen molar-refractivity contribution in [3.63, 3.8) is 0 Å². The molecule has 8 heteroatoms. The molecule has 5 nitrogen and oxygen atoms in total. The molecule has 1 aliphatic carbocycles. The highest BCUT2D eigenvalue weighted by molar-refractivity contribution is 7.90. The summed E-state index contributed by atoms with van der Waals surface area (Å²) < 4.78 is 63.5. The van der Waals surface area contributed by atoms with Crippen molar-refractivity contribution in [3.05, 3.63) is 48.0 Å². The first-order chi connectivity index (χ1) is 15.2. The Morgan fingerprint density at radius 1 is 0.969 bits per heavy atom. The highest BCUT2D eigenvalue weighted by Gasteiger charge is 2.27. The molecule has 0 saturated heterocycles. The van der Waals surface area contributed by atoms with Gasteiger partial charge in [0, 0.05) is 12.7 Å². The first-order valence-corrected chi connectivity index (χ1v) is 12.7. The van der Waals surface area contributed by atoms with Crippen molar-refractivity contribution in [2.75, 3.05) is 6.26 Å². The van der Waals surface area contributed by atoms with Gasteiger partial charge in [-0.05, 0) is 67.5 Å². The topological polar surface area (TPSA) is 69.7 Å². The van der Waals surface area contributed by atoms with Gasteiger partial charge in [0.05, 0.1) is 11.0 Å². The van der Waals surface area contributed by atoms with Crippen molar-refractivity contribution < 1.29 is 31.5 Å². The first kappa shape index (κ1) is 24.2. The quantitative estimate of drug-likeness (QED) is 0.483. The number of sulfone groups is 1. The zero-order chi connectivity index (χ0) is 23.3. The molecule has 0 spiro atoms. The van der Waals surface area contributed by atoms with E-state index in [0.29, 0.717) is 37.7 Å². The maximum absolute atomic E-state index is 14.7. The summed E-state index contributed by atoms with van der Waals surface area (Å²) in [7, 11) is -3.35. The molecule has 32 heavy (non-hydrogen) atoms. The fourth-order valence-electron chi connectivity index (χ4n) is 3.73. The monoisotopic (exact) mass is 466 g/mol. The van der Waals surface area contributed by atoms with Gasteiger partial charge in [0.2, 0.25) is 0 Å². The number of halogens is 2. The lowest BCUT2D eigenvalue weighted by Crippen LogP contribution is -2.30. The molecule has 0 heterocycles. The molecule has 0 N–H and O–H groups in total. The Hall–Kier alpha value is -2.48. The minimum atomic E-state index is -3.35. The van der Waals surface area contributed by atoms with Gasteiger partial charge < -0.3 is 9.47 Å². The molecule has 0 unspecified atom stereocenters. The third kappa shape index (κ3) is 6.28. The summed E-state index contributed by atoms with van der Waals surface area (Å²) in [6, 6.07) is 8.17. The summed E-state index contributed by atoms with van der Waals surface area (Å²) in [5.74, 6) is -2.26. The van der Waals surface area contributed by atoms with Crippen LogP contribution in [-0.4, -0.2) is 32.9 Å². The third-order valence-corrected chi connectivity index (χ3v) is 6.68. The molecule has 0 aromatic heterocycles. The smallest absolute Gasteiger partial charge is 0.306 e. The van der Waals surface area contributed by atoms with Gasteiger partial charge in [-0.15, -0.1) is 0 Å². The Labute approximate surface area is 187 Å². The molecule has 2 aromatic rings. The van der Waals surface area contributed by atoms with E-state index in [1.54, 1.807) is 0 Å². The lowest BCUT2D eigenvalue weighted by molar-refractivity contribution is -0.151. The van der Waals surface area contributed by atoms with Gasteiger partial charge in [0.25, 0.3) is 0 Å². The van der Waals surface area contributed by atoms with Gasteiger partial charge in [0.15, 0.2) is 27.2 Å². The van der Waals surface area contributed by atoms with Crippen LogP contribution in [-0.2, 0) is 19.4 Å². The normalized spacial score (nSPS) is 18.9. The van der Waals surface area contributed by atoms with E-state index >= 15 is 0 Å². The Bertz CT molecular complexity index is 1020. The van der Waals surface area contributed by atoms with Crippen LogP contribution in [0.15, 0.2) is 41.3 Å². The Kier molecular flexibility index (Phi) is 7.87. The Morgan fingerprint density at radius 2 is 1.53 bits per heavy atom. The summed E-state index contributed by atoms with van der Waals surface area (Å²) in [6.45, 7) is 2.01. The van der Waals surface area contributed by atoms with Crippen molar-refractivity contribution in [3.8, 4) is 16.9 Å². The van der Waals surface area contributed by atoms with Crippen LogP contribution in [0, 0.1) is 11.6 Å². The number of esters is 1. The summed E-state index contributed by atoms with van der Waals surface area (Å²) >= 11 is 0. The van der Waals surface area contributed by atoms with Crippen LogP contribution in [0.4, 0.5) is 8.78 Å². The maximum atomic E-state index is 14.7. The highest BCUT2D eigenvalue weighted by atomic mass is 32.2. The van der Waals surface area contributed by atoms with Crippen molar-refractivity contribution in [2.45, 2.75) is 69.0 Å². The predicted octanol–water partition coefficient (Wildman–Crippen LogP) is 5.46. The van der Waals surface area contributed by atoms with Gasteiger partial charge in [-0.2, -0.15) is 0 Å². The molecule has 0 bridgehead atoms. The molecule has 2 aromatic carbocycles. The van der Waals surface area contributed by atoms with Gasteiger partial charge >= 0.3 is 5.97 Å². The standard InChI is InChI=1S/C24H28F2O5S/c1-3-4-5-23(27)30-18-8-10-19(11-9-18)31-24-21(25)14-17(15-22(24)26)16-6-12-20(13-7-16)32(2,28)29/h6-7,12-15,18-19H,3-5,8-11H2,1-2H3. The number of carbonyl (C=O) groups is 1. The molecule has 1 aliphatic rings. The number of rotatable bonds is 8. The zero-order valence-corrected chi connectivity index (χ0v) is 19.1. The minimum absolute atomic E-state index is 0.133. The van der Waals surface area contributed by atoms with E-state index in [2.05, 4.69) is 0 Å². The number of carbonyl (C=O) groups excluding carboxylic acids is 1. The average Bonchev–Trinajstić information content (AvgIpc) is 2.75. The lowest BCUT2D eigenvalue weighted by Gasteiger charge is -2.29. The first-order valence-electron chi connectivity index (χ1n) is 10.8. The van der Waals surface area contributed by atoms with Crippen LogP contribution in [0.2, 0.25) is 0 Å². The number of hydrogen-bond donors (Lipinski definition) is 0. The van der Waals surface area contributed by atoms with Gasteiger partial charge in [-0.3, -0.25) is 4.79 Å². The highest BCUT2D eigenvalue weighted by Crippen LogP contribution is 2.33. The Morgan fingerprint density at radius 3 is 2.06 bits per heavy atom. The van der Waals surface area contributed by atoms with Crippen molar-refractivity contribution >= 4 is 15.8 Å². The number of ether oxygens (including phenoxy) is 2. The van der Waals surface area contributed by atoms with E-state index in [4.69, 9.17) is 9.47 Å². The fourth-order valence-corrected chi connectivity index (χ4v) is 4.36. The molecule has 0 atom stereocenters. The molecule has 0 aliphatic heterocycles. The van der Waals surface area contributed by atoms with Crippen molar-refractivity contribution in [2.24, 2.45) is 0 Å².